The maximum absolute atomic E-state index is 13.1. The highest BCUT2D eigenvalue weighted by molar-refractivity contribution is 6.34. The van der Waals surface area contributed by atoms with E-state index in [1.54, 1.807) is 60.7 Å². The van der Waals surface area contributed by atoms with E-state index < -0.39 is 17.7 Å². The molecule has 0 spiro atoms. The second-order valence-corrected chi connectivity index (χ2v) is 8.70. The average Bonchev–Trinajstić information content (AvgIpc) is 3.15. The number of fused-ring (bicyclic) bond motifs is 1. The van der Waals surface area contributed by atoms with Crippen LogP contribution in [0.15, 0.2) is 91.0 Å². The first-order chi connectivity index (χ1) is 17.3. The van der Waals surface area contributed by atoms with Crippen LogP contribution in [0.25, 0.3) is 0 Å². The van der Waals surface area contributed by atoms with Gasteiger partial charge in [-0.1, -0.05) is 48.5 Å². The van der Waals surface area contributed by atoms with Gasteiger partial charge >= 0.3 is 0 Å². The van der Waals surface area contributed by atoms with Crippen LogP contribution >= 0.6 is 0 Å². The van der Waals surface area contributed by atoms with Crippen molar-refractivity contribution >= 4 is 34.9 Å². The smallest absolute Gasteiger partial charge is 0.266 e. The summed E-state index contributed by atoms with van der Waals surface area (Å²) in [5.74, 6) is -1.49. The molecular formula is C30H22N2O4. The lowest BCUT2D eigenvalue weighted by Gasteiger charge is -2.15. The monoisotopic (exact) mass is 474 g/mol. The van der Waals surface area contributed by atoms with E-state index in [4.69, 9.17) is 0 Å². The minimum absolute atomic E-state index is 0.153. The molecule has 176 valence electrons. The average molecular weight is 475 g/mol. The molecule has 4 aromatic carbocycles. The molecule has 0 bridgehead atoms. The molecule has 0 unspecified atom stereocenters. The topological polar surface area (TPSA) is 83.6 Å². The van der Waals surface area contributed by atoms with Crippen molar-refractivity contribution in [2.75, 3.05) is 10.2 Å². The second-order valence-electron chi connectivity index (χ2n) is 8.70. The molecule has 0 aromatic heterocycles. The molecule has 0 saturated heterocycles. The first kappa shape index (κ1) is 22.9. The Morgan fingerprint density at radius 2 is 1.36 bits per heavy atom. The Morgan fingerprint density at radius 1 is 0.639 bits per heavy atom. The number of hydrogen-bond acceptors (Lipinski definition) is 4. The van der Waals surface area contributed by atoms with Crippen LogP contribution in [0.5, 0.6) is 0 Å². The highest BCUT2D eigenvalue weighted by Crippen LogP contribution is 2.30. The van der Waals surface area contributed by atoms with Gasteiger partial charge in [-0.15, -0.1) is 0 Å². The van der Waals surface area contributed by atoms with Crippen LogP contribution < -0.4 is 10.2 Å². The maximum atomic E-state index is 13.1. The molecule has 0 aliphatic carbocycles. The lowest BCUT2D eigenvalue weighted by molar-refractivity contribution is 0.0924. The van der Waals surface area contributed by atoms with Crippen molar-refractivity contribution in [3.05, 3.63) is 130 Å². The van der Waals surface area contributed by atoms with E-state index in [1.165, 1.54) is 18.2 Å². The van der Waals surface area contributed by atoms with Gasteiger partial charge in [-0.05, 0) is 67.4 Å². The predicted molar refractivity (Wildman–Crippen MR) is 138 cm³/mol. The lowest BCUT2D eigenvalue weighted by Crippen LogP contribution is -2.29. The number of rotatable bonds is 5. The fourth-order valence-corrected chi connectivity index (χ4v) is 4.18. The summed E-state index contributed by atoms with van der Waals surface area (Å²) in [6.45, 7) is 3.88. The van der Waals surface area contributed by atoms with Crippen LogP contribution in [0.2, 0.25) is 0 Å². The summed E-state index contributed by atoms with van der Waals surface area (Å²) >= 11 is 0. The van der Waals surface area contributed by atoms with Crippen LogP contribution in [-0.2, 0) is 0 Å². The van der Waals surface area contributed by atoms with Crippen molar-refractivity contribution in [2.45, 2.75) is 13.8 Å². The number of carbonyl (C=O) groups is 4. The van der Waals surface area contributed by atoms with Crippen molar-refractivity contribution < 1.29 is 19.2 Å². The minimum atomic E-state index is -0.469. The molecule has 0 atom stereocenters. The Kier molecular flexibility index (Phi) is 5.78. The minimum Gasteiger partial charge on any atom is -0.322 e. The van der Waals surface area contributed by atoms with Crippen molar-refractivity contribution in [2.24, 2.45) is 0 Å². The van der Waals surface area contributed by atoms with Gasteiger partial charge in [0.15, 0.2) is 5.78 Å². The summed E-state index contributed by atoms with van der Waals surface area (Å²) < 4.78 is 0. The molecule has 6 nitrogen and oxygen atoms in total. The van der Waals surface area contributed by atoms with Gasteiger partial charge in [0.1, 0.15) is 0 Å². The Bertz CT molecular complexity index is 1560. The van der Waals surface area contributed by atoms with Gasteiger partial charge in [-0.3, -0.25) is 19.2 Å². The lowest BCUT2D eigenvalue weighted by atomic mass is 10.0. The fourth-order valence-electron chi connectivity index (χ4n) is 4.18. The van der Waals surface area contributed by atoms with E-state index in [2.05, 4.69) is 5.32 Å². The highest BCUT2D eigenvalue weighted by Gasteiger charge is 2.37. The Labute approximate surface area is 208 Å². The van der Waals surface area contributed by atoms with Crippen molar-refractivity contribution in [1.82, 2.24) is 0 Å². The van der Waals surface area contributed by atoms with Gasteiger partial charge in [0.05, 0.1) is 16.8 Å². The van der Waals surface area contributed by atoms with Crippen LogP contribution in [0, 0.1) is 13.8 Å². The van der Waals surface area contributed by atoms with Crippen LogP contribution in [0.4, 0.5) is 11.4 Å². The zero-order valence-corrected chi connectivity index (χ0v) is 19.7. The quantitative estimate of drug-likeness (QED) is 0.302. The van der Waals surface area contributed by atoms with Gasteiger partial charge in [0.2, 0.25) is 0 Å². The summed E-state index contributed by atoms with van der Waals surface area (Å²) in [5, 5.41) is 2.78. The third kappa shape index (κ3) is 4.09. The molecule has 0 saturated carbocycles. The standard InChI is InChI=1S/C30H22N2O4/c1-18-11-13-24(15-19(18)2)32-29(35)25-14-12-22(17-26(25)30(32)36)28(34)31-23-10-6-9-21(16-23)27(33)20-7-4-3-5-8-20/h3-17H,1-2H3,(H,31,34). The number of ketones is 1. The number of carbonyl (C=O) groups excluding carboxylic acids is 4. The van der Waals surface area contributed by atoms with Crippen LogP contribution in [0.3, 0.4) is 0 Å². The molecule has 36 heavy (non-hydrogen) atoms. The summed E-state index contributed by atoms with van der Waals surface area (Å²) in [4.78, 5) is 53.0. The maximum Gasteiger partial charge on any atom is 0.266 e. The molecular weight excluding hydrogens is 452 g/mol. The number of amides is 3. The van der Waals surface area contributed by atoms with E-state index in [0.717, 1.165) is 16.0 Å². The molecule has 1 aliphatic rings. The van der Waals surface area contributed by atoms with E-state index in [1.807, 2.05) is 26.0 Å². The number of anilines is 2. The van der Waals surface area contributed by atoms with E-state index in [9.17, 15) is 19.2 Å². The SMILES string of the molecule is Cc1ccc(N2C(=O)c3ccc(C(=O)Nc4cccc(C(=O)c5ccccc5)c4)cc3C2=O)cc1C. The fraction of sp³-hybridized carbons (Fsp3) is 0.0667. The number of aryl methyl sites for hydroxylation is 2. The van der Waals surface area contributed by atoms with Gasteiger partial charge in [0.25, 0.3) is 17.7 Å². The first-order valence-electron chi connectivity index (χ1n) is 11.4. The largest absolute Gasteiger partial charge is 0.322 e. The predicted octanol–water partition coefficient (Wildman–Crippen LogP) is 5.59. The normalized spacial score (nSPS) is 12.4. The molecule has 4 aromatic rings. The van der Waals surface area contributed by atoms with Gasteiger partial charge in [-0.25, -0.2) is 4.90 Å². The summed E-state index contributed by atoms with van der Waals surface area (Å²) in [5.41, 5.74) is 4.63. The van der Waals surface area contributed by atoms with Gasteiger partial charge in [0, 0.05) is 22.4 Å². The van der Waals surface area contributed by atoms with E-state index in [0.29, 0.717) is 22.5 Å². The molecule has 0 fully saturated rings. The van der Waals surface area contributed by atoms with Crippen molar-refractivity contribution in [3.8, 4) is 0 Å². The zero-order valence-electron chi connectivity index (χ0n) is 19.7. The first-order valence-corrected chi connectivity index (χ1v) is 11.4. The van der Waals surface area contributed by atoms with E-state index in [-0.39, 0.29) is 22.5 Å². The second kappa shape index (κ2) is 9.07. The number of imide groups is 1. The number of benzene rings is 4. The molecule has 1 aliphatic heterocycles. The summed E-state index contributed by atoms with van der Waals surface area (Å²) in [6.07, 6.45) is 0. The Hall–Kier alpha value is -4.84. The molecule has 1 N–H and O–H groups in total. The molecule has 5 rings (SSSR count). The van der Waals surface area contributed by atoms with Crippen LogP contribution in [-0.4, -0.2) is 23.5 Å². The zero-order chi connectivity index (χ0) is 25.4. The Balaban J connectivity index is 1.38. The number of nitrogens with zero attached hydrogens (tertiary/aromatic N) is 1. The molecule has 1 heterocycles. The molecule has 0 radical (unpaired) electrons. The number of nitrogens with one attached hydrogen (secondary N) is 1. The van der Waals surface area contributed by atoms with Crippen molar-refractivity contribution in [3.63, 3.8) is 0 Å². The van der Waals surface area contributed by atoms with Gasteiger partial charge < -0.3 is 5.32 Å². The molecule has 6 heteroatoms. The van der Waals surface area contributed by atoms with Crippen LogP contribution in [0.1, 0.15) is 58.1 Å². The van der Waals surface area contributed by atoms with E-state index >= 15 is 0 Å². The summed E-state index contributed by atoms with van der Waals surface area (Å²) in [7, 11) is 0. The third-order valence-corrected chi connectivity index (χ3v) is 6.32. The number of hydrogen-bond donors (Lipinski definition) is 1. The van der Waals surface area contributed by atoms with Gasteiger partial charge in [-0.2, -0.15) is 0 Å². The summed E-state index contributed by atoms with van der Waals surface area (Å²) in [6, 6.07) is 25.4. The molecule has 3 amide bonds. The third-order valence-electron chi connectivity index (χ3n) is 6.32. The Morgan fingerprint density at radius 3 is 2.11 bits per heavy atom. The van der Waals surface area contributed by atoms with Crippen molar-refractivity contribution in [1.29, 1.82) is 0 Å². The highest BCUT2D eigenvalue weighted by atomic mass is 16.2.